The molecule has 0 aliphatic carbocycles. The van der Waals surface area contributed by atoms with Crippen LogP contribution in [-0.2, 0) is 5.88 Å². The Morgan fingerprint density at radius 1 is 1.28 bits per heavy atom. The summed E-state index contributed by atoms with van der Waals surface area (Å²) in [5, 5.41) is 1.09. The zero-order valence-electron chi connectivity index (χ0n) is 9.32. The summed E-state index contributed by atoms with van der Waals surface area (Å²) >= 11 is 9.29. The number of hydrogen-bond donors (Lipinski definition) is 1. The van der Waals surface area contributed by atoms with Crippen LogP contribution in [0, 0.1) is 0 Å². The predicted molar refractivity (Wildman–Crippen MR) is 76.6 cm³/mol. The molecule has 1 N–H and O–H groups in total. The molecular formula is C13H9BrClN3. The van der Waals surface area contributed by atoms with Crippen LogP contribution in [0.2, 0.25) is 0 Å². The molecule has 0 bridgehead atoms. The molecule has 2 heterocycles. The molecule has 0 atom stereocenters. The molecule has 0 radical (unpaired) electrons. The van der Waals surface area contributed by atoms with E-state index in [-0.39, 0.29) is 0 Å². The standard InChI is InChI=1S/C13H9BrClN3/c14-10-5-8-3-1-2-4-11(8)18-12(10)13-16-7-9(6-15)17-13/h1-5,7H,6H2,(H,16,17). The Morgan fingerprint density at radius 3 is 2.89 bits per heavy atom. The Hall–Kier alpha value is -1.39. The molecule has 3 nitrogen and oxygen atoms in total. The Kier molecular flexibility index (Phi) is 3.06. The van der Waals surface area contributed by atoms with E-state index in [9.17, 15) is 0 Å². The maximum Gasteiger partial charge on any atom is 0.157 e. The van der Waals surface area contributed by atoms with Gasteiger partial charge in [-0.3, -0.25) is 0 Å². The molecule has 0 saturated carbocycles. The number of nitrogens with one attached hydrogen (secondary N) is 1. The predicted octanol–water partition coefficient (Wildman–Crippen LogP) is 4.13. The van der Waals surface area contributed by atoms with Gasteiger partial charge in [0, 0.05) is 21.7 Å². The van der Waals surface area contributed by atoms with Gasteiger partial charge in [0.25, 0.3) is 0 Å². The van der Waals surface area contributed by atoms with E-state index in [1.165, 1.54) is 0 Å². The van der Waals surface area contributed by atoms with Crippen molar-refractivity contribution in [2.75, 3.05) is 0 Å². The van der Waals surface area contributed by atoms with Crippen LogP contribution in [0.3, 0.4) is 0 Å². The highest BCUT2D eigenvalue weighted by molar-refractivity contribution is 9.10. The molecule has 5 heteroatoms. The molecular weight excluding hydrogens is 314 g/mol. The lowest BCUT2D eigenvalue weighted by molar-refractivity contribution is 1.20. The fourth-order valence-electron chi connectivity index (χ4n) is 1.80. The van der Waals surface area contributed by atoms with Gasteiger partial charge in [-0.25, -0.2) is 9.97 Å². The van der Waals surface area contributed by atoms with E-state index in [2.05, 4.69) is 30.9 Å². The molecule has 3 rings (SSSR count). The van der Waals surface area contributed by atoms with E-state index in [1.54, 1.807) is 6.20 Å². The van der Waals surface area contributed by atoms with Gasteiger partial charge in [0.05, 0.1) is 11.4 Å². The zero-order valence-corrected chi connectivity index (χ0v) is 11.7. The summed E-state index contributed by atoms with van der Waals surface area (Å²) in [5.74, 6) is 1.14. The topological polar surface area (TPSA) is 41.6 Å². The summed E-state index contributed by atoms with van der Waals surface area (Å²) in [6, 6.07) is 10.0. The molecule has 0 spiro atoms. The van der Waals surface area contributed by atoms with Crippen LogP contribution in [0.25, 0.3) is 22.4 Å². The van der Waals surface area contributed by atoms with Crippen molar-refractivity contribution < 1.29 is 0 Å². The van der Waals surface area contributed by atoms with E-state index in [0.717, 1.165) is 32.6 Å². The van der Waals surface area contributed by atoms with Crippen molar-refractivity contribution in [2.45, 2.75) is 5.88 Å². The molecule has 1 aromatic carbocycles. The Morgan fingerprint density at radius 2 is 2.11 bits per heavy atom. The second-order valence-electron chi connectivity index (χ2n) is 3.90. The normalized spacial score (nSPS) is 11.0. The molecule has 90 valence electrons. The summed E-state index contributed by atoms with van der Waals surface area (Å²) in [6.07, 6.45) is 1.73. The largest absolute Gasteiger partial charge is 0.340 e. The Labute approximate surface area is 117 Å². The molecule has 2 aromatic heterocycles. The Balaban J connectivity index is 2.19. The van der Waals surface area contributed by atoms with E-state index >= 15 is 0 Å². The smallest absolute Gasteiger partial charge is 0.157 e. The molecule has 0 aliphatic rings. The number of hydrogen-bond acceptors (Lipinski definition) is 2. The maximum absolute atomic E-state index is 5.76. The number of aromatic amines is 1. The second kappa shape index (κ2) is 4.71. The van der Waals surface area contributed by atoms with Crippen molar-refractivity contribution in [2.24, 2.45) is 0 Å². The number of aromatic nitrogens is 3. The lowest BCUT2D eigenvalue weighted by Crippen LogP contribution is -1.89. The van der Waals surface area contributed by atoms with Crippen molar-refractivity contribution in [3.63, 3.8) is 0 Å². The molecule has 3 aromatic rings. The average molecular weight is 323 g/mol. The number of halogens is 2. The lowest BCUT2D eigenvalue weighted by atomic mass is 10.2. The fraction of sp³-hybridized carbons (Fsp3) is 0.0769. The van der Waals surface area contributed by atoms with Gasteiger partial charge < -0.3 is 4.98 Å². The lowest BCUT2D eigenvalue weighted by Gasteiger charge is -2.03. The van der Waals surface area contributed by atoms with E-state index in [4.69, 9.17) is 11.6 Å². The maximum atomic E-state index is 5.76. The quantitative estimate of drug-likeness (QED) is 0.721. The summed E-state index contributed by atoms with van der Waals surface area (Å²) in [6.45, 7) is 0. The van der Waals surface area contributed by atoms with Crippen molar-refractivity contribution in [1.82, 2.24) is 15.0 Å². The average Bonchev–Trinajstić information content (AvgIpc) is 2.86. The molecule has 0 aliphatic heterocycles. The molecule has 0 unspecified atom stereocenters. The van der Waals surface area contributed by atoms with Crippen LogP contribution in [0.1, 0.15) is 5.69 Å². The van der Waals surface area contributed by atoms with Gasteiger partial charge in [0.1, 0.15) is 5.69 Å². The number of imidazole rings is 1. The van der Waals surface area contributed by atoms with Gasteiger partial charge in [0.2, 0.25) is 0 Å². The van der Waals surface area contributed by atoms with E-state index in [1.807, 2.05) is 30.3 Å². The van der Waals surface area contributed by atoms with Crippen molar-refractivity contribution in [3.8, 4) is 11.5 Å². The van der Waals surface area contributed by atoms with Gasteiger partial charge in [0.15, 0.2) is 5.82 Å². The van der Waals surface area contributed by atoms with Crippen LogP contribution in [0.15, 0.2) is 41.0 Å². The summed E-state index contributed by atoms with van der Waals surface area (Å²) in [4.78, 5) is 12.1. The second-order valence-corrected chi connectivity index (χ2v) is 5.02. The number of H-pyrrole nitrogens is 1. The van der Waals surface area contributed by atoms with Crippen LogP contribution >= 0.6 is 27.5 Å². The molecule has 0 amide bonds. The van der Waals surface area contributed by atoms with Crippen LogP contribution < -0.4 is 0 Å². The van der Waals surface area contributed by atoms with Gasteiger partial charge in [-0.05, 0) is 28.1 Å². The summed E-state index contributed by atoms with van der Waals surface area (Å²) in [5.41, 5.74) is 2.62. The minimum Gasteiger partial charge on any atom is -0.340 e. The first-order chi connectivity index (χ1) is 8.78. The first-order valence-corrected chi connectivity index (χ1v) is 6.76. The van der Waals surface area contributed by atoms with Gasteiger partial charge in [-0.2, -0.15) is 0 Å². The first-order valence-electron chi connectivity index (χ1n) is 5.43. The van der Waals surface area contributed by atoms with Gasteiger partial charge in [-0.15, -0.1) is 11.6 Å². The number of fused-ring (bicyclic) bond motifs is 1. The highest BCUT2D eigenvalue weighted by Crippen LogP contribution is 2.27. The summed E-state index contributed by atoms with van der Waals surface area (Å²) < 4.78 is 0.914. The minimum absolute atomic E-state index is 0.415. The third-order valence-electron chi connectivity index (χ3n) is 2.67. The number of nitrogens with zero attached hydrogens (tertiary/aromatic N) is 2. The molecule has 0 saturated heterocycles. The van der Waals surface area contributed by atoms with E-state index < -0.39 is 0 Å². The molecule has 0 fully saturated rings. The van der Waals surface area contributed by atoms with E-state index in [0.29, 0.717) is 5.88 Å². The van der Waals surface area contributed by atoms with Crippen LogP contribution in [0.4, 0.5) is 0 Å². The Bertz CT molecular complexity index is 708. The van der Waals surface area contributed by atoms with Gasteiger partial charge in [-0.1, -0.05) is 18.2 Å². The number of benzene rings is 1. The monoisotopic (exact) mass is 321 g/mol. The fourth-order valence-corrected chi connectivity index (χ4v) is 2.46. The minimum atomic E-state index is 0.415. The van der Waals surface area contributed by atoms with Crippen molar-refractivity contribution in [3.05, 3.63) is 46.7 Å². The number of pyridine rings is 1. The number of para-hydroxylation sites is 1. The van der Waals surface area contributed by atoms with Crippen molar-refractivity contribution >= 4 is 38.4 Å². The third-order valence-corrected chi connectivity index (χ3v) is 3.57. The van der Waals surface area contributed by atoms with Gasteiger partial charge >= 0.3 is 0 Å². The first kappa shape index (κ1) is 11.7. The van der Waals surface area contributed by atoms with Crippen molar-refractivity contribution in [1.29, 1.82) is 0 Å². The zero-order chi connectivity index (χ0) is 12.5. The SMILES string of the molecule is ClCc1cnc(-c2nc3ccccc3cc2Br)[nH]1. The third kappa shape index (κ3) is 2.02. The molecule has 18 heavy (non-hydrogen) atoms. The van der Waals surface area contributed by atoms with Crippen LogP contribution in [0.5, 0.6) is 0 Å². The highest BCUT2D eigenvalue weighted by Gasteiger charge is 2.10. The highest BCUT2D eigenvalue weighted by atomic mass is 79.9. The van der Waals surface area contributed by atoms with Crippen LogP contribution in [-0.4, -0.2) is 15.0 Å². The number of rotatable bonds is 2. The number of alkyl halides is 1. The summed E-state index contributed by atoms with van der Waals surface area (Å²) in [7, 11) is 0.